The number of ketones is 1. The minimum atomic E-state index is 0.323. The van der Waals surface area contributed by atoms with Gasteiger partial charge in [0.1, 0.15) is 0 Å². The van der Waals surface area contributed by atoms with Gasteiger partial charge >= 0.3 is 0 Å². The zero-order valence-electron chi connectivity index (χ0n) is 20.2. The second-order valence-electron chi connectivity index (χ2n) is 12.4. The SMILES string of the molecule is CC1=C2CC[C@@H]3[C@H]4CC[C@@H]([C@H](C)CCCC(C)C)[C@]4(C)CC[C@H]3[C@@]2(C)CCC1=O. The van der Waals surface area contributed by atoms with Gasteiger partial charge < -0.3 is 0 Å². The van der Waals surface area contributed by atoms with Crippen LogP contribution in [-0.2, 0) is 4.79 Å². The third-order valence-corrected chi connectivity index (χ3v) is 10.6. The Balaban J connectivity index is 1.52. The summed E-state index contributed by atoms with van der Waals surface area (Å²) in [5.74, 6) is 5.81. The lowest BCUT2D eigenvalue weighted by Crippen LogP contribution is -2.51. The van der Waals surface area contributed by atoms with Gasteiger partial charge in [-0.05, 0) is 104 Å². The van der Waals surface area contributed by atoms with Crippen molar-refractivity contribution >= 4 is 5.78 Å². The van der Waals surface area contributed by atoms with Crippen LogP contribution in [-0.4, -0.2) is 5.78 Å². The van der Waals surface area contributed by atoms with Crippen LogP contribution in [0.25, 0.3) is 0 Å². The molecule has 0 bridgehead atoms. The number of Topliss-reactive ketones (excluding diaryl/α,β-unsaturated/α-hetero) is 1. The van der Waals surface area contributed by atoms with Gasteiger partial charge in [-0.1, -0.05) is 59.5 Å². The lowest BCUT2D eigenvalue weighted by atomic mass is 9.46. The molecule has 0 aromatic rings. The van der Waals surface area contributed by atoms with E-state index in [1.165, 1.54) is 57.8 Å². The van der Waals surface area contributed by atoms with Crippen molar-refractivity contribution in [3.05, 3.63) is 11.1 Å². The summed E-state index contributed by atoms with van der Waals surface area (Å²) in [4.78, 5) is 12.4. The van der Waals surface area contributed by atoms with Gasteiger partial charge in [0.2, 0.25) is 0 Å². The van der Waals surface area contributed by atoms with E-state index in [4.69, 9.17) is 0 Å². The largest absolute Gasteiger partial charge is 0.295 e. The van der Waals surface area contributed by atoms with E-state index in [1.54, 1.807) is 5.57 Å². The fourth-order valence-electron chi connectivity index (χ4n) is 9.01. The molecule has 0 aromatic carbocycles. The predicted octanol–water partition coefficient (Wildman–Crippen LogP) is 7.99. The van der Waals surface area contributed by atoms with Crippen LogP contribution in [0.5, 0.6) is 0 Å². The van der Waals surface area contributed by atoms with E-state index < -0.39 is 0 Å². The van der Waals surface area contributed by atoms with Crippen molar-refractivity contribution in [2.75, 3.05) is 0 Å². The van der Waals surface area contributed by atoms with Crippen molar-refractivity contribution in [2.45, 2.75) is 112 Å². The molecule has 1 heteroatoms. The standard InChI is InChI=1S/C28H46O/c1-18(2)8-7-9-19(3)22-12-13-24-21-10-11-23-20(4)26(29)15-17-28(23,6)25(21)14-16-27(22,24)5/h18-19,21-22,24-25H,7-17H2,1-6H3/t19-,21-,22+,24-,25-,27+,28+/m1/s1. The molecule has 4 aliphatic rings. The monoisotopic (exact) mass is 398 g/mol. The van der Waals surface area contributed by atoms with Gasteiger partial charge in [0.25, 0.3) is 0 Å². The van der Waals surface area contributed by atoms with Crippen molar-refractivity contribution in [3.63, 3.8) is 0 Å². The van der Waals surface area contributed by atoms with Crippen LogP contribution in [0.4, 0.5) is 0 Å². The Morgan fingerprint density at radius 3 is 2.41 bits per heavy atom. The minimum absolute atomic E-state index is 0.323. The first kappa shape index (κ1) is 21.6. The molecule has 0 unspecified atom stereocenters. The van der Waals surface area contributed by atoms with E-state index in [2.05, 4.69) is 41.5 Å². The summed E-state index contributed by atoms with van der Waals surface area (Å²) >= 11 is 0. The maximum Gasteiger partial charge on any atom is 0.158 e. The highest BCUT2D eigenvalue weighted by Crippen LogP contribution is 2.68. The summed E-state index contributed by atoms with van der Waals surface area (Å²) in [5, 5.41) is 0. The number of carbonyl (C=O) groups excluding carboxylic acids is 1. The second-order valence-corrected chi connectivity index (χ2v) is 12.4. The Morgan fingerprint density at radius 2 is 1.69 bits per heavy atom. The summed E-state index contributed by atoms with van der Waals surface area (Å²) in [6.45, 7) is 14.7. The topological polar surface area (TPSA) is 17.1 Å². The lowest BCUT2D eigenvalue weighted by molar-refractivity contribution is -0.118. The Hall–Kier alpha value is -0.590. The lowest BCUT2D eigenvalue weighted by Gasteiger charge is -2.59. The molecule has 7 atom stereocenters. The third kappa shape index (κ3) is 3.47. The average Bonchev–Trinajstić information content (AvgIpc) is 3.02. The van der Waals surface area contributed by atoms with Gasteiger partial charge in [0, 0.05) is 6.42 Å². The highest BCUT2D eigenvalue weighted by Gasteiger charge is 2.59. The van der Waals surface area contributed by atoms with Crippen molar-refractivity contribution in [1.29, 1.82) is 0 Å². The Kier molecular flexibility index (Phi) is 5.84. The highest BCUT2D eigenvalue weighted by molar-refractivity contribution is 5.96. The van der Waals surface area contributed by atoms with Crippen molar-refractivity contribution < 1.29 is 4.79 Å². The minimum Gasteiger partial charge on any atom is -0.295 e. The number of allylic oxidation sites excluding steroid dienone is 1. The van der Waals surface area contributed by atoms with E-state index >= 15 is 0 Å². The van der Waals surface area contributed by atoms with Gasteiger partial charge in [-0.2, -0.15) is 0 Å². The first-order chi connectivity index (χ1) is 13.7. The molecule has 0 amide bonds. The van der Waals surface area contributed by atoms with Gasteiger partial charge in [-0.15, -0.1) is 0 Å². The van der Waals surface area contributed by atoms with E-state index in [1.807, 2.05) is 0 Å². The molecule has 0 heterocycles. The summed E-state index contributed by atoms with van der Waals surface area (Å²) in [5.41, 5.74) is 3.61. The molecule has 0 aromatic heterocycles. The van der Waals surface area contributed by atoms with Crippen LogP contribution >= 0.6 is 0 Å². The molecular weight excluding hydrogens is 352 g/mol. The van der Waals surface area contributed by atoms with Crippen LogP contribution in [0.2, 0.25) is 0 Å². The molecule has 0 spiro atoms. The van der Waals surface area contributed by atoms with Gasteiger partial charge in [0.05, 0.1) is 0 Å². The normalized spacial score (nSPS) is 43.2. The molecule has 3 saturated carbocycles. The molecule has 4 aliphatic carbocycles. The highest BCUT2D eigenvalue weighted by atomic mass is 16.1. The maximum atomic E-state index is 12.4. The first-order valence-corrected chi connectivity index (χ1v) is 12.9. The first-order valence-electron chi connectivity index (χ1n) is 12.9. The Bertz CT molecular complexity index is 672. The van der Waals surface area contributed by atoms with Crippen LogP contribution < -0.4 is 0 Å². The number of carbonyl (C=O) groups is 1. The van der Waals surface area contributed by atoms with Crippen molar-refractivity contribution in [1.82, 2.24) is 0 Å². The summed E-state index contributed by atoms with van der Waals surface area (Å²) in [6.07, 6.45) is 14.5. The van der Waals surface area contributed by atoms with Gasteiger partial charge in [-0.25, -0.2) is 0 Å². The number of rotatable bonds is 5. The van der Waals surface area contributed by atoms with Crippen molar-refractivity contribution in [3.8, 4) is 0 Å². The zero-order chi connectivity index (χ0) is 21.0. The fraction of sp³-hybridized carbons (Fsp3) is 0.893. The number of hydrogen-bond acceptors (Lipinski definition) is 1. The fourth-order valence-corrected chi connectivity index (χ4v) is 9.01. The van der Waals surface area contributed by atoms with E-state index in [-0.39, 0.29) is 0 Å². The smallest absolute Gasteiger partial charge is 0.158 e. The molecule has 0 N–H and O–H groups in total. The number of fused-ring (bicyclic) bond motifs is 5. The van der Waals surface area contributed by atoms with Gasteiger partial charge in [0.15, 0.2) is 5.78 Å². The molecule has 3 fully saturated rings. The van der Waals surface area contributed by atoms with Crippen LogP contribution in [0.1, 0.15) is 112 Å². The Labute approximate surface area is 180 Å². The van der Waals surface area contributed by atoms with Gasteiger partial charge in [-0.3, -0.25) is 4.79 Å². The molecular formula is C28H46O. The van der Waals surface area contributed by atoms with E-state index in [0.717, 1.165) is 53.9 Å². The molecule has 0 saturated heterocycles. The van der Waals surface area contributed by atoms with Crippen molar-refractivity contribution in [2.24, 2.45) is 46.3 Å². The summed E-state index contributed by atoms with van der Waals surface area (Å²) in [6, 6.07) is 0. The molecule has 0 aliphatic heterocycles. The second kappa shape index (κ2) is 7.83. The Morgan fingerprint density at radius 1 is 0.931 bits per heavy atom. The van der Waals surface area contributed by atoms with E-state index in [0.29, 0.717) is 16.6 Å². The zero-order valence-corrected chi connectivity index (χ0v) is 20.2. The predicted molar refractivity (Wildman–Crippen MR) is 123 cm³/mol. The van der Waals surface area contributed by atoms with Crippen LogP contribution in [0, 0.1) is 46.3 Å². The molecule has 0 radical (unpaired) electrons. The molecule has 4 rings (SSSR count). The summed E-state index contributed by atoms with van der Waals surface area (Å²) in [7, 11) is 0. The van der Waals surface area contributed by atoms with Crippen LogP contribution in [0.15, 0.2) is 11.1 Å². The van der Waals surface area contributed by atoms with E-state index in [9.17, 15) is 4.79 Å². The molecule has 164 valence electrons. The average molecular weight is 399 g/mol. The van der Waals surface area contributed by atoms with Crippen LogP contribution in [0.3, 0.4) is 0 Å². The quantitative estimate of drug-likeness (QED) is 0.458. The maximum absolute atomic E-state index is 12.4. The summed E-state index contributed by atoms with van der Waals surface area (Å²) < 4.78 is 0. The third-order valence-electron chi connectivity index (χ3n) is 10.6. The number of hydrogen-bond donors (Lipinski definition) is 0. The molecule has 1 nitrogen and oxygen atoms in total. The molecule has 29 heavy (non-hydrogen) atoms.